The number of ether oxygens (including phenoxy) is 1. The topological polar surface area (TPSA) is 79.0 Å². The summed E-state index contributed by atoms with van der Waals surface area (Å²) < 4.78 is 5.19. The van der Waals surface area contributed by atoms with Crippen LogP contribution in [0.5, 0.6) is 11.5 Å². The number of fused-ring (bicyclic) bond motifs is 1. The largest absolute Gasteiger partial charge is 0.506 e. The minimum Gasteiger partial charge on any atom is -0.506 e. The maximum Gasteiger partial charge on any atom is 0.138 e. The van der Waals surface area contributed by atoms with Gasteiger partial charge in [0.05, 0.1) is 18.9 Å². The van der Waals surface area contributed by atoms with E-state index in [0.717, 1.165) is 23.3 Å². The van der Waals surface area contributed by atoms with Crippen molar-refractivity contribution in [2.45, 2.75) is 32.0 Å². The number of nitrogen functional groups attached to an aromatic ring is 1. The average molecular weight is 328 g/mol. The molecule has 0 radical (unpaired) electrons. The second kappa shape index (κ2) is 6.71. The second-order valence-corrected chi connectivity index (χ2v) is 6.46. The Kier molecular flexibility index (Phi) is 4.64. The van der Waals surface area contributed by atoms with Gasteiger partial charge in [0.2, 0.25) is 0 Å². The number of hydrogen-bond acceptors (Lipinski definition) is 5. The molecule has 0 spiro atoms. The third-order valence-electron chi connectivity index (χ3n) is 4.74. The Morgan fingerprint density at radius 2 is 2.00 bits per heavy atom. The highest BCUT2D eigenvalue weighted by Crippen LogP contribution is 2.34. The number of anilines is 1. The Labute approximate surface area is 142 Å². The standard InChI is InChI=1S/C19H24N2O3/c1-12(7-13-3-5-15(24-2)6-4-13)21-10-14-8-18(22)17(20)9-16(14)19(23)11-21/h3-6,8-9,12,19,22-23H,7,10-11,20H2,1-2H3. The minimum absolute atomic E-state index is 0.0746. The number of rotatable bonds is 4. The van der Waals surface area contributed by atoms with E-state index in [1.54, 1.807) is 19.2 Å². The van der Waals surface area contributed by atoms with Crippen LogP contribution in [-0.2, 0) is 13.0 Å². The van der Waals surface area contributed by atoms with Crippen molar-refractivity contribution in [1.82, 2.24) is 4.90 Å². The molecule has 0 saturated carbocycles. The molecule has 0 fully saturated rings. The predicted octanol–water partition coefficient (Wildman–Crippen LogP) is 2.46. The highest BCUT2D eigenvalue weighted by atomic mass is 16.5. The van der Waals surface area contributed by atoms with Gasteiger partial charge in [-0.1, -0.05) is 12.1 Å². The minimum atomic E-state index is -0.588. The van der Waals surface area contributed by atoms with Crippen LogP contribution in [0.2, 0.25) is 0 Å². The van der Waals surface area contributed by atoms with Crippen molar-refractivity contribution in [1.29, 1.82) is 0 Å². The molecule has 2 aromatic carbocycles. The third kappa shape index (κ3) is 3.32. The first kappa shape index (κ1) is 16.6. The highest BCUT2D eigenvalue weighted by Gasteiger charge is 2.27. The van der Waals surface area contributed by atoms with Crippen molar-refractivity contribution in [2.75, 3.05) is 19.4 Å². The van der Waals surface area contributed by atoms with Gasteiger partial charge in [-0.3, -0.25) is 4.90 Å². The number of phenolic OH excluding ortho intramolecular Hbond substituents is 1. The third-order valence-corrected chi connectivity index (χ3v) is 4.74. The number of methoxy groups -OCH3 is 1. The zero-order valence-corrected chi connectivity index (χ0v) is 14.1. The van der Waals surface area contributed by atoms with Crippen molar-refractivity contribution in [3.05, 3.63) is 53.1 Å². The Morgan fingerprint density at radius 3 is 2.67 bits per heavy atom. The summed E-state index contributed by atoms with van der Waals surface area (Å²) in [7, 11) is 1.66. The smallest absolute Gasteiger partial charge is 0.138 e. The van der Waals surface area contributed by atoms with Gasteiger partial charge >= 0.3 is 0 Å². The molecule has 0 aliphatic carbocycles. The number of hydrogen-bond donors (Lipinski definition) is 3. The van der Waals surface area contributed by atoms with E-state index in [-0.39, 0.29) is 11.8 Å². The van der Waals surface area contributed by atoms with Crippen LogP contribution in [0.25, 0.3) is 0 Å². The molecule has 24 heavy (non-hydrogen) atoms. The molecule has 3 rings (SSSR count). The van der Waals surface area contributed by atoms with E-state index in [9.17, 15) is 10.2 Å². The molecular weight excluding hydrogens is 304 g/mol. The van der Waals surface area contributed by atoms with Gasteiger partial charge in [-0.05, 0) is 54.3 Å². The number of aliphatic hydroxyl groups excluding tert-OH is 1. The number of nitrogens with zero attached hydrogens (tertiary/aromatic N) is 1. The molecule has 1 heterocycles. The molecule has 1 aliphatic rings. The molecule has 2 aromatic rings. The van der Waals surface area contributed by atoms with E-state index < -0.39 is 6.10 Å². The van der Waals surface area contributed by atoms with Crippen molar-refractivity contribution >= 4 is 5.69 Å². The summed E-state index contributed by atoms with van der Waals surface area (Å²) >= 11 is 0. The fraction of sp³-hybridized carbons (Fsp3) is 0.368. The van der Waals surface area contributed by atoms with Crippen LogP contribution in [-0.4, -0.2) is 34.8 Å². The highest BCUT2D eigenvalue weighted by molar-refractivity contribution is 5.57. The van der Waals surface area contributed by atoms with Crippen molar-refractivity contribution in [3.63, 3.8) is 0 Å². The fourth-order valence-electron chi connectivity index (χ4n) is 3.28. The van der Waals surface area contributed by atoms with Gasteiger partial charge in [-0.25, -0.2) is 0 Å². The predicted molar refractivity (Wildman–Crippen MR) is 94.0 cm³/mol. The molecule has 1 aliphatic heterocycles. The van der Waals surface area contributed by atoms with Crippen molar-refractivity contribution < 1.29 is 14.9 Å². The second-order valence-electron chi connectivity index (χ2n) is 6.46. The van der Waals surface area contributed by atoms with Crippen LogP contribution < -0.4 is 10.5 Å². The van der Waals surface area contributed by atoms with Crippen molar-refractivity contribution in [3.8, 4) is 11.5 Å². The molecule has 0 saturated heterocycles. The SMILES string of the molecule is COc1ccc(CC(C)N2Cc3cc(O)c(N)cc3C(O)C2)cc1. The summed E-state index contributed by atoms with van der Waals surface area (Å²) in [5, 5.41) is 20.3. The summed E-state index contributed by atoms with van der Waals surface area (Å²) in [4.78, 5) is 2.23. The van der Waals surface area contributed by atoms with Crippen LogP contribution >= 0.6 is 0 Å². The van der Waals surface area contributed by atoms with E-state index in [1.807, 2.05) is 12.1 Å². The Balaban J connectivity index is 1.73. The Morgan fingerprint density at radius 1 is 1.29 bits per heavy atom. The number of β-amino-alcohol motifs (C(OH)–C–C–N with tert-alkyl or cyclic N) is 1. The number of phenols is 1. The number of aliphatic hydroxyl groups is 1. The maximum absolute atomic E-state index is 10.4. The van der Waals surface area contributed by atoms with E-state index in [1.165, 1.54) is 5.56 Å². The first-order valence-electron chi connectivity index (χ1n) is 8.14. The zero-order chi connectivity index (χ0) is 17.3. The number of aromatic hydroxyl groups is 1. The van der Waals surface area contributed by atoms with Crippen LogP contribution in [0.15, 0.2) is 36.4 Å². The summed E-state index contributed by atoms with van der Waals surface area (Å²) in [5.41, 5.74) is 9.03. The van der Waals surface area contributed by atoms with Gasteiger partial charge in [0, 0.05) is 19.1 Å². The molecule has 4 N–H and O–H groups in total. The lowest BCUT2D eigenvalue weighted by atomic mass is 9.94. The summed E-state index contributed by atoms with van der Waals surface area (Å²) in [5.74, 6) is 0.924. The van der Waals surface area contributed by atoms with Crippen LogP contribution in [0, 0.1) is 0 Å². The molecule has 0 aromatic heterocycles. The van der Waals surface area contributed by atoms with Crippen molar-refractivity contribution in [2.24, 2.45) is 0 Å². The summed E-state index contributed by atoms with van der Waals surface area (Å²) in [6.45, 7) is 3.41. The first-order chi connectivity index (χ1) is 11.5. The van der Waals surface area contributed by atoms with Gasteiger partial charge < -0.3 is 20.7 Å². The molecular formula is C19H24N2O3. The lowest BCUT2D eigenvalue weighted by Crippen LogP contribution is -2.40. The lowest BCUT2D eigenvalue weighted by Gasteiger charge is -2.36. The normalized spacial score (nSPS) is 18.9. The summed E-state index contributed by atoms with van der Waals surface area (Å²) in [6, 6.07) is 11.7. The molecule has 0 amide bonds. The van der Waals surface area contributed by atoms with Crippen LogP contribution in [0.3, 0.4) is 0 Å². The van der Waals surface area contributed by atoms with Crippen LogP contribution in [0.1, 0.15) is 29.7 Å². The molecule has 2 atom stereocenters. The van der Waals surface area contributed by atoms with E-state index >= 15 is 0 Å². The van der Waals surface area contributed by atoms with Gasteiger partial charge in [0.25, 0.3) is 0 Å². The molecule has 5 nitrogen and oxygen atoms in total. The molecule has 5 heteroatoms. The Bertz CT molecular complexity index is 715. The first-order valence-corrected chi connectivity index (χ1v) is 8.14. The van der Waals surface area contributed by atoms with E-state index in [2.05, 4.69) is 24.0 Å². The van der Waals surface area contributed by atoms with Crippen LogP contribution in [0.4, 0.5) is 5.69 Å². The Hall–Kier alpha value is -2.24. The van der Waals surface area contributed by atoms with E-state index in [4.69, 9.17) is 10.5 Å². The number of benzene rings is 2. The summed E-state index contributed by atoms with van der Waals surface area (Å²) in [6.07, 6.45) is 0.294. The quantitative estimate of drug-likeness (QED) is 0.593. The lowest BCUT2D eigenvalue weighted by molar-refractivity contribution is 0.0696. The van der Waals surface area contributed by atoms with Gasteiger partial charge in [-0.2, -0.15) is 0 Å². The average Bonchev–Trinajstić information content (AvgIpc) is 2.57. The van der Waals surface area contributed by atoms with Gasteiger partial charge in [0.1, 0.15) is 11.5 Å². The maximum atomic E-state index is 10.4. The zero-order valence-electron chi connectivity index (χ0n) is 14.1. The number of nitrogens with two attached hydrogens (primary N) is 1. The monoisotopic (exact) mass is 328 g/mol. The molecule has 128 valence electrons. The molecule has 0 bridgehead atoms. The fourth-order valence-corrected chi connectivity index (χ4v) is 3.28. The van der Waals surface area contributed by atoms with E-state index in [0.29, 0.717) is 18.8 Å². The molecule has 2 unspecified atom stereocenters. The van der Waals surface area contributed by atoms with Gasteiger partial charge in [0.15, 0.2) is 0 Å². The van der Waals surface area contributed by atoms with Gasteiger partial charge in [-0.15, -0.1) is 0 Å².